The Balaban J connectivity index is 1.87. The quantitative estimate of drug-likeness (QED) is 0.764. The Kier molecular flexibility index (Phi) is 5.88. The number of alkyl halides is 1. The zero-order valence-electron chi connectivity index (χ0n) is 13.0. The maximum atomic E-state index is 6.59. The van der Waals surface area contributed by atoms with Gasteiger partial charge in [0.2, 0.25) is 0 Å². The van der Waals surface area contributed by atoms with Crippen LogP contribution < -0.4 is 0 Å². The highest BCUT2D eigenvalue weighted by Crippen LogP contribution is 2.24. The monoisotopic (exact) mass is 294 g/mol. The van der Waals surface area contributed by atoms with E-state index < -0.39 is 0 Å². The Labute approximate surface area is 128 Å². The van der Waals surface area contributed by atoms with Crippen LogP contribution in [0, 0.1) is 0 Å². The summed E-state index contributed by atoms with van der Waals surface area (Å²) >= 11 is 6.59. The van der Waals surface area contributed by atoms with Gasteiger partial charge in [-0.2, -0.15) is 0 Å². The smallest absolute Gasteiger partial charge is 0.0712 e. The highest BCUT2D eigenvalue weighted by Gasteiger charge is 2.19. The topological polar surface area (TPSA) is 6.48 Å². The summed E-state index contributed by atoms with van der Waals surface area (Å²) in [5.74, 6) is 0.583. The number of hydrogen-bond donors (Lipinski definition) is 0. The number of piperazine rings is 1. The van der Waals surface area contributed by atoms with Crippen LogP contribution in [0.4, 0.5) is 0 Å². The van der Waals surface area contributed by atoms with Gasteiger partial charge in [0.1, 0.15) is 0 Å². The van der Waals surface area contributed by atoms with E-state index in [1.807, 2.05) is 0 Å². The molecule has 1 aromatic carbocycles. The number of hydrogen-bond acceptors (Lipinski definition) is 2. The van der Waals surface area contributed by atoms with Crippen molar-refractivity contribution < 1.29 is 0 Å². The second kappa shape index (κ2) is 7.44. The second-order valence-electron chi connectivity index (χ2n) is 6.02. The van der Waals surface area contributed by atoms with Crippen LogP contribution in [-0.2, 0) is 0 Å². The summed E-state index contributed by atoms with van der Waals surface area (Å²) in [5, 5.41) is 0.101. The molecule has 1 saturated heterocycles. The molecular formula is C17H27ClN2. The van der Waals surface area contributed by atoms with Gasteiger partial charge in [0, 0.05) is 32.7 Å². The molecule has 0 radical (unpaired) electrons. The van der Waals surface area contributed by atoms with Crippen molar-refractivity contribution in [1.29, 1.82) is 0 Å². The van der Waals surface area contributed by atoms with Gasteiger partial charge < -0.3 is 4.90 Å². The Morgan fingerprint density at radius 3 is 1.95 bits per heavy atom. The fourth-order valence-electron chi connectivity index (χ4n) is 2.71. The van der Waals surface area contributed by atoms with Crippen LogP contribution in [0.5, 0.6) is 0 Å². The lowest BCUT2D eigenvalue weighted by atomic mass is 10.0. The minimum atomic E-state index is 0.101. The van der Waals surface area contributed by atoms with Crippen molar-refractivity contribution in [3.8, 4) is 0 Å². The van der Waals surface area contributed by atoms with Gasteiger partial charge in [0.25, 0.3) is 0 Å². The first kappa shape index (κ1) is 15.8. The molecule has 112 valence electrons. The summed E-state index contributed by atoms with van der Waals surface area (Å²) in [6, 6.07) is 8.80. The fourth-order valence-corrected chi connectivity index (χ4v) is 3.05. The van der Waals surface area contributed by atoms with Gasteiger partial charge in [0.05, 0.1) is 5.38 Å². The molecule has 2 nitrogen and oxygen atoms in total. The van der Waals surface area contributed by atoms with Crippen molar-refractivity contribution in [2.24, 2.45) is 0 Å². The van der Waals surface area contributed by atoms with Gasteiger partial charge in [-0.3, -0.25) is 4.90 Å². The highest BCUT2D eigenvalue weighted by atomic mass is 35.5. The lowest BCUT2D eigenvalue weighted by Crippen LogP contribution is -2.46. The Morgan fingerprint density at radius 2 is 1.45 bits per heavy atom. The van der Waals surface area contributed by atoms with Crippen molar-refractivity contribution in [2.75, 3.05) is 39.3 Å². The summed E-state index contributed by atoms with van der Waals surface area (Å²) in [6.07, 6.45) is 0. The summed E-state index contributed by atoms with van der Waals surface area (Å²) in [5.41, 5.74) is 2.63. The van der Waals surface area contributed by atoms with Crippen LogP contribution >= 0.6 is 11.6 Å². The fraction of sp³-hybridized carbons (Fsp3) is 0.647. The van der Waals surface area contributed by atoms with Crippen LogP contribution in [0.25, 0.3) is 0 Å². The third-order valence-electron chi connectivity index (χ3n) is 4.30. The molecule has 1 unspecified atom stereocenters. The van der Waals surface area contributed by atoms with Gasteiger partial charge in [-0.25, -0.2) is 0 Å². The molecule has 1 fully saturated rings. The third kappa shape index (κ3) is 4.21. The normalized spacial score (nSPS) is 19.4. The molecule has 1 atom stereocenters. The zero-order chi connectivity index (χ0) is 14.5. The zero-order valence-corrected chi connectivity index (χ0v) is 13.7. The maximum Gasteiger partial charge on any atom is 0.0712 e. The van der Waals surface area contributed by atoms with E-state index >= 15 is 0 Å². The predicted octanol–water partition coefficient (Wildman–Crippen LogP) is 3.73. The van der Waals surface area contributed by atoms with E-state index in [2.05, 4.69) is 54.8 Å². The third-order valence-corrected chi connectivity index (χ3v) is 4.69. The van der Waals surface area contributed by atoms with Crippen LogP contribution in [0.2, 0.25) is 0 Å². The molecule has 1 aliphatic rings. The summed E-state index contributed by atoms with van der Waals surface area (Å²) in [4.78, 5) is 4.98. The van der Waals surface area contributed by atoms with Gasteiger partial charge >= 0.3 is 0 Å². The Hall–Kier alpha value is -0.570. The summed E-state index contributed by atoms with van der Waals surface area (Å²) in [7, 11) is 0. The minimum Gasteiger partial charge on any atom is -0.301 e. The molecule has 2 rings (SSSR count). The number of rotatable bonds is 5. The molecule has 0 bridgehead atoms. The first-order valence-corrected chi connectivity index (χ1v) is 8.22. The lowest BCUT2D eigenvalue weighted by molar-refractivity contribution is 0.137. The molecule has 0 N–H and O–H groups in total. The van der Waals surface area contributed by atoms with Crippen molar-refractivity contribution in [1.82, 2.24) is 9.80 Å². The van der Waals surface area contributed by atoms with Gasteiger partial charge in [-0.05, 0) is 23.6 Å². The van der Waals surface area contributed by atoms with Crippen LogP contribution in [0.15, 0.2) is 24.3 Å². The molecular weight excluding hydrogens is 268 g/mol. The molecule has 1 aliphatic heterocycles. The Bertz CT molecular complexity index is 394. The summed E-state index contributed by atoms with van der Waals surface area (Å²) in [6.45, 7) is 13.4. The molecule has 0 amide bonds. The average molecular weight is 295 g/mol. The van der Waals surface area contributed by atoms with E-state index in [4.69, 9.17) is 11.6 Å². The van der Waals surface area contributed by atoms with E-state index in [0.29, 0.717) is 5.92 Å². The number of benzene rings is 1. The molecule has 0 spiro atoms. The van der Waals surface area contributed by atoms with Gasteiger partial charge in [-0.15, -0.1) is 11.6 Å². The lowest BCUT2D eigenvalue weighted by Gasteiger charge is -2.35. The Morgan fingerprint density at radius 1 is 0.950 bits per heavy atom. The van der Waals surface area contributed by atoms with Crippen LogP contribution in [0.3, 0.4) is 0 Å². The maximum absolute atomic E-state index is 6.59. The predicted molar refractivity (Wildman–Crippen MR) is 87.7 cm³/mol. The van der Waals surface area contributed by atoms with Gasteiger partial charge in [0.15, 0.2) is 0 Å². The first-order valence-electron chi connectivity index (χ1n) is 7.78. The van der Waals surface area contributed by atoms with E-state index in [0.717, 1.165) is 26.2 Å². The van der Waals surface area contributed by atoms with Crippen molar-refractivity contribution in [3.63, 3.8) is 0 Å². The number of likely N-dealkylation sites (N-methyl/N-ethyl adjacent to an activating group) is 1. The molecule has 20 heavy (non-hydrogen) atoms. The minimum absolute atomic E-state index is 0.101. The molecule has 3 heteroatoms. The van der Waals surface area contributed by atoms with Crippen molar-refractivity contribution >= 4 is 11.6 Å². The largest absolute Gasteiger partial charge is 0.301 e. The van der Waals surface area contributed by atoms with Crippen LogP contribution in [0.1, 0.15) is 43.2 Å². The van der Waals surface area contributed by atoms with Gasteiger partial charge in [-0.1, -0.05) is 45.0 Å². The van der Waals surface area contributed by atoms with Crippen molar-refractivity contribution in [2.45, 2.75) is 32.1 Å². The van der Waals surface area contributed by atoms with E-state index in [1.54, 1.807) is 0 Å². The molecule has 0 aromatic heterocycles. The molecule has 1 heterocycles. The number of nitrogens with zero attached hydrogens (tertiary/aromatic N) is 2. The SMILES string of the molecule is CCN1CCN(CC(Cl)c2ccc(C(C)C)cc2)CC1. The van der Waals surface area contributed by atoms with Crippen molar-refractivity contribution in [3.05, 3.63) is 35.4 Å². The second-order valence-corrected chi connectivity index (χ2v) is 6.55. The first-order chi connectivity index (χ1) is 9.60. The number of halogens is 1. The average Bonchev–Trinajstić information content (AvgIpc) is 2.48. The highest BCUT2D eigenvalue weighted by molar-refractivity contribution is 6.21. The van der Waals surface area contributed by atoms with E-state index in [1.165, 1.54) is 24.2 Å². The van der Waals surface area contributed by atoms with Crippen LogP contribution in [-0.4, -0.2) is 49.1 Å². The molecule has 0 aliphatic carbocycles. The molecule has 1 aromatic rings. The standard InChI is InChI=1S/C17H27ClN2/c1-4-19-9-11-20(12-10-19)13-17(18)16-7-5-15(6-8-16)14(2)3/h5-8,14,17H,4,9-13H2,1-3H3. The van der Waals surface area contributed by atoms with E-state index in [-0.39, 0.29) is 5.38 Å². The van der Waals surface area contributed by atoms with E-state index in [9.17, 15) is 0 Å². The summed E-state index contributed by atoms with van der Waals surface area (Å²) < 4.78 is 0. The molecule has 0 saturated carbocycles.